The van der Waals surface area contributed by atoms with Crippen LogP contribution in [0.15, 0.2) is 15.8 Å². The average molecular weight is 284 g/mol. The van der Waals surface area contributed by atoms with E-state index in [0.29, 0.717) is 0 Å². The highest BCUT2D eigenvalue weighted by atomic mass is 16.6. The molecule has 4 atom stereocenters. The lowest BCUT2D eigenvalue weighted by Crippen LogP contribution is -2.35. The number of aromatic nitrogens is 2. The summed E-state index contributed by atoms with van der Waals surface area (Å²) in [5, 5.41) is 28.7. The molecule has 1 saturated carbocycles. The fourth-order valence-corrected chi connectivity index (χ4v) is 2.48. The van der Waals surface area contributed by atoms with Gasteiger partial charge < -0.3 is 20.1 Å². The molecule has 1 aromatic heterocycles. The van der Waals surface area contributed by atoms with Gasteiger partial charge in [0, 0.05) is 12.2 Å². The minimum absolute atomic E-state index is 0.0650. The van der Waals surface area contributed by atoms with E-state index in [1.54, 1.807) is 0 Å². The summed E-state index contributed by atoms with van der Waals surface area (Å²) in [4.78, 5) is 25.7. The minimum Gasteiger partial charge on any atom is -0.394 e. The molecule has 20 heavy (non-hydrogen) atoms. The van der Waals surface area contributed by atoms with Crippen LogP contribution in [0, 0.1) is 0 Å². The van der Waals surface area contributed by atoms with Crippen molar-refractivity contribution in [2.24, 2.45) is 0 Å². The lowest BCUT2D eigenvalue weighted by Gasteiger charge is -2.15. The van der Waals surface area contributed by atoms with Gasteiger partial charge in [0.1, 0.15) is 24.4 Å². The molecule has 0 amide bonds. The molecule has 0 radical (unpaired) electrons. The molecule has 2 heterocycles. The van der Waals surface area contributed by atoms with E-state index in [2.05, 4.69) is 4.98 Å². The third kappa shape index (κ3) is 2.10. The second-order valence-electron chi connectivity index (χ2n) is 5.24. The van der Waals surface area contributed by atoms with Crippen molar-refractivity contribution in [3.8, 4) is 0 Å². The SMILES string of the molecule is O=c1[nH]c(=O)n(C2CC2)cc1[C@@H]1O[C@H](CO)C(O)C1O. The van der Waals surface area contributed by atoms with Gasteiger partial charge in [-0.2, -0.15) is 0 Å². The molecule has 1 saturated heterocycles. The highest BCUT2D eigenvalue weighted by Crippen LogP contribution is 2.35. The van der Waals surface area contributed by atoms with Crippen LogP contribution in [0.2, 0.25) is 0 Å². The molecule has 0 aromatic carbocycles. The van der Waals surface area contributed by atoms with Gasteiger partial charge in [-0.15, -0.1) is 0 Å². The van der Waals surface area contributed by atoms with E-state index in [0.717, 1.165) is 12.8 Å². The third-order valence-corrected chi connectivity index (χ3v) is 3.78. The number of hydrogen-bond donors (Lipinski definition) is 4. The predicted octanol–water partition coefficient (Wildman–Crippen LogP) is -1.97. The van der Waals surface area contributed by atoms with Gasteiger partial charge in [-0.1, -0.05) is 0 Å². The maximum absolute atomic E-state index is 11.9. The second-order valence-corrected chi connectivity index (χ2v) is 5.24. The number of aliphatic hydroxyl groups is 3. The zero-order chi connectivity index (χ0) is 14.4. The monoisotopic (exact) mass is 284 g/mol. The van der Waals surface area contributed by atoms with Crippen molar-refractivity contribution in [3.05, 3.63) is 32.6 Å². The maximum Gasteiger partial charge on any atom is 0.328 e. The topological polar surface area (TPSA) is 125 Å². The summed E-state index contributed by atoms with van der Waals surface area (Å²) in [7, 11) is 0. The summed E-state index contributed by atoms with van der Waals surface area (Å²) in [6.45, 7) is -0.463. The molecule has 0 spiro atoms. The Morgan fingerprint density at radius 2 is 2.00 bits per heavy atom. The Hall–Kier alpha value is -1.48. The van der Waals surface area contributed by atoms with Crippen molar-refractivity contribution < 1.29 is 20.1 Å². The number of hydrogen-bond acceptors (Lipinski definition) is 6. The zero-order valence-corrected chi connectivity index (χ0v) is 10.6. The van der Waals surface area contributed by atoms with Crippen LogP contribution in [-0.2, 0) is 4.74 Å². The van der Waals surface area contributed by atoms with Crippen LogP contribution < -0.4 is 11.2 Å². The van der Waals surface area contributed by atoms with E-state index in [4.69, 9.17) is 9.84 Å². The first-order chi connectivity index (χ1) is 9.52. The van der Waals surface area contributed by atoms with Gasteiger partial charge in [-0.3, -0.25) is 14.3 Å². The first-order valence-corrected chi connectivity index (χ1v) is 6.50. The molecule has 4 N–H and O–H groups in total. The lowest BCUT2D eigenvalue weighted by molar-refractivity contribution is -0.0233. The van der Waals surface area contributed by atoms with Crippen molar-refractivity contribution in [1.29, 1.82) is 0 Å². The summed E-state index contributed by atoms with van der Waals surface area (Å²) in [6.07, 6.45) is -1.50. The molecule has 8 heteroatoms. The standard InChI is InChI=1S/C12H16N2O6/c15-4-7-8(16)9(17)10(20-7)6-3-14(5-1-2-5)12(19)13-11(6)18/h3,5,7-10,15-17H,1-2,4H2,(H,13,18,19)/t7-,8?,9?,10+/m1/s1. The number of nitrogens with one attached hydrogen (secondary N) is 1. The molecule has 110 valence electrons. The lowest BCUT2D eigenvalue weighted by atomic mass is 10.0. The molecule has 2 fully saturated rings. The molecule has 8 nitrogen and oxygen atoms in total. The van der Waals surface area contributed by atoms with Gasteiger partial charge in [0.05, 0.1) is 12.2 Å². The number of ether oxygens (including phenoxy) is 1. The molecule has 0 bridgehead atoms. The minimum atomic E-state index is -1.32. The molecular weight excluding hydrogens is 268 g/mol. The van der Waals surface area contributed by atoms with Gasteiger partial charge >= 0.3 is 5.69 Å². The average Bonchev–Trinajstić information content (AvgIpc) is 3.20. The molecule has 3 rings (SSSR count). The first-order valence-electron chi connectivity index (χ1n) is 6.50. The number of H-pyrrole nitrogens is 1. The van der Waals surface area contributed by atoms with Crippen LogP contribution >= 0.6 is 0 Å². The van der Waals surface area contributed by atoms with E-state index in [1.807, 2.05) is 0 Å². The summed E-state index contributed by atoms with van der Waals surface area (Å²) < 4.78 is 6.72. The Morgan fingerprint density at radius 3 is 2.55 bits per heavy atom. The Labute approximate surface area is 113 Å². The maximum atomic E-state index is 11.9. The van der Waals surface area contributed by atoms with Gasteiger partial charge in [0.25, 0.3) is 5.56 Å². The van der Waals surface area contributed by atoms with Crippen molar-refractivity contribution in [2.45, 2.75) is 43.3 Å². The Morgan fingerprint density at radius 1 is 1.30 bits per heavy atom. The zero-order valence-electron chi connectivity index (χ0n) is 10.6. The molecule has 2 unspecified atom stereocenters. The van der Waals surface area contributed by atoms with Crippen LogP contribution in [-0.4, -0.2) is 49.8 Å². The van der Waals surface area contributed by atoms with E-state index in [1.165, 1.54) is 10.8 Å². The van der Waals surface area contributed by atoms with Crippen LogP contribution in [0.1, 0.15) is 30.6 Å². The van der Waals surface area contributed by atoms with E-state index in [-0.39, 0.29) is 11.6 Å². The van der Waals surface area contributed by atoms with Crippen molar-refractivity contribution in [1.82, 2.24) is 9.55 Å². The highest BCUT2D eigenvalue weighted by Gasteiger charge is 2.44. The summed E-state index contributed by atoms with van der Waals surface area (Å²) in [6, 6.07) is 0.0650. The number of nitrogens with zero attached hydrogens (tertiary/aromatic N) is 1. The molecule has 1 aliphatic carbocycles. The molecular formula is C12H16N2O6. The largest absolute Gasteiger partial charge is 0.394 e. The van der Waals surface area contributed by atoms with Crippen LogP contribution in [0.25, 0.3) is 0 Å². The Balaban J connectivity index is 2.00. The summed E-state index contributed by atoms with van der Waals surface area (Å²) in [5.74, 6) is 0. The normalized spacial score (nSPS) is 33.5. The van der Waals surface area contributed by atoms with E-state index >= 15 is 0 Å². The fourth-order valence-electron chi connectivity index (χ4n) is 2.48. The third-order valence-electron chi connectivity index (χ3n) is 3.78. The van der Waals surface area contributed by atoms with Crippen LogP contribution in [0.4, 0.5) is 0 Å². The Kier molecular flexibility index (Phi) is 3.25. The van der Waals surface area contributed by atoms with Gasteiger partial charge in [-0.05, 0) is 12.8 Å². The first kappa shape index (κ1) is 13.5. The number of aliphatic hydroxyl groups excluding tert-OH is 3. The summed E-state index contributed by atoms with van der Waals surface area (Å²) in [5.41, 5.74) is -1.06. The quantitative estimate of drug-likeness (QED) is 0.510. The molecule has 1 aromatic rings. The predicted molar refractivity (Wildman–Crippen MR) is 66.3 cm³/mol. The Bertz CT molecular complexity index is 619. The van der Waals surface area contributed by atoms with Gasteiger partial charge in [-0.25, -0.2) is 4.79 Å². The molecule has 1 aliphatic heterocycles. The van der Waals surface area contributed by atoms with Gasteiger partial charge in [0.2, 0.25) is 0 Å². The molecule has 2 aliphatic rings. The van der Waals surface area contributed by atoms with Crippen LogP contribution in [0.3, 0.4) is 0 Å². The van der Waals surface area contributed by atoms with Crippen molar-refractivity contribution in [3.63, 3.8) is 0 Å². The van der Waals surface area contributed by atoms with Crippen LogP contribution in [0.5, 0.6) is 0 Å². The highest BCUT2D eigenvalue weighted by molar-refractivity contribution is 5.15. The summed E-state index contributed by atoms with van der Waals surface area (Å²) >= 11 is 0. The number of aromatic amines is 1. The second kappa shape index (κ2) is 4.81. The smallest absolute Gasteiger partial charge is 0.328 e. The van der Waals surface area contributed by atoms with Crippen molar-refractivity contribution >= 4 is 0 Å². The van der Waals surface area contributed by atoms with E-state index in [9.17, 15) is 19.8 Å². The number of rotatable bonds is 3. The van der Waals surface area contributed by atoms with Crippen molar-refractivity contribution in [2.75, 3.05) is 6.61 Å². The van der Waals surface area contributed by atoms with Gasteiger partial charge in [0.15, 0.2) is 0 Å². The van der Waals surface area contributed by atoms with E-state index < -0.39 is 42.3 Å². The fraction of sp³-hybridized carbons (Fsp3) is 0.667.